The van der Waals surface area contributed by atoms with Gasteiger partial charge in [-0.25, -0.2) is 0 Å². The fourth-order valence-electron chi connectivity index (χ4n) is 5.90. The van der Waals surface area contributed by atoms with Crippen LogP contribution in [0, 0.1) is 29.6 Å². The third kappa shape index (κ3) is 8.88. The highest BCUT2D eigenvalue weighted by Crippen LogP contribution is 2.44. The van der Waals surface area contributed by atoms with E-state index in [0.717, 1.165) is 40.8 Å². The summed E-state index contributed by atoms with van der Waals surface area (Å²) >= 11 is 2.94. The summed E-state index contributed by atoms with van der Waals surface area (Å²) in [5, 5.41) is 19.0. The van der Waals surface area contributed by atoms with Crippen molar-refractivity contribution in [3.63, 3.8) is 0 Å². The minimum absolute atomic E-state index is 0.104. The van der Waals surface area contributed by atoms with Gasteiger partial charge >= 0.3 is 0 Å². The molecule has 0 fully saturated rings. The molecular weight excluding hydrogens is 649 g/mol. The van der Waals surface area contributed by atoms with Gasteiger partial charge in [0.2, 0.25) is 5.91 Å². The second kappa shape index (κ2) is 15.7. The SMILES string of the molecule is CCC(Sc1cccc(NC(=O)/C(=C/c2ccccc2C)NC(=O)c2ccccc2)c1)C(=O)Nc1sc2c(c1C#N)CCC(C(C)(C)C)C2. The number of carbonyl (C=O) groups is 3. The molecule has 4 aromatic rings. The van der Waals surface area contributed by atoms with Crippen molar-refractivity contribution in [1.82, 2.24) is 5.32 Å². The van der Waals surface area contributed by atoms with Crippen LogP contribution in [0.2, 0.25) is 0 Å². The first-order chi connectivity index (χ1) is 23.5. The predicted molar refractivity (Wildman–Crippen MR) is 201 cm³/mol. The van der Waals surface area contributed by atoms with Gasteiger partial charge in [-0.3, -0.25) is 14.4 Å². The molecule has 3 aromatic carbocycles. The highest BCUT2D eigenvalue weighted by Gasteiger charge is 2.33. The maximum absolute atomic E-state index is 13.6. The van der Waals surface area contributed by atoms with E-state index in [4.69, 9.17) is 0 Å². The van der Waals surface area contributed by atoms with Gasteiger partial charge in [-0.1, -0.05) is 76.2 Å². The maximum atomic E-state index is 13.6. The summed E-state index contributed by atoms with van der Waals surface area (Å²) in [6.45, 7) is 10.7. The van der Waals surface area contributed by atoms with E-state index in [2.05, 4.69) is 42.8 Å². The highest BCUT2D eigenvalue weighted by molar-refractivity contribution is 8.00. The van der Waals surface area contributed by atoms with E-state index in [1.165, 1.54) is 28.0 Å². The predicted octanol–water partition coefficient (Wildman–Crippen LogP) is 9.00. The number of amides is 3. The number of nitrogens with zero attached hydrogens (tertiary/aromatic N) is 1. The van der Waals surface area contributed by atoms with Crippen LogP contribution in [0.15, 0.2) is 89.5 Å². The van der Waals surface area contributed by atoms with E-state index in [-0.39, 0.29) is 17.0 Å². The quantitative estimate of drug-likeness (QED) is 0.114. The van der Waals surface area contributed by atoms with E-state index in [1.807, 2.05) is 62.4 Å². The summed E-state index contributed by atoms with van der Waals surface area (Å²) in [5.74, 6) is -0.484. The van der Waals surface area contributed by atoms with Gasteiger partial charge < -0.3 is 16.0 Å². The van der Waals surface area contributed by atoms with Gasteiger partial charge in [0.05, 0.1) is 10.8 Å². The normalized spacial score (nSPS) is 15.0. The summed E-state index contributed by atoms with van der Waals surface area (Å²) in [6, 6.07) is 26.0. The molecule has 1 aromatic heterocycles. The second-order valence-corrected chi connectivity index (χ2v) is 15.7. The average Bonchev–Trinajstić information content (AvgIpc) is 3.43. The summed E-state index contributed by atoms with van der Waals surface area (Å²) in [6.07, 6.45) is 5.06. The second-order valence-electron chi connectivity index (χ2n) is 13.3. The molecule has 49 heavy (non-hydrogen) atoms. The number of nitrogens with one attached hydrogen (secondary N) is 3. The van der Waals surface area contributed by atoms with Crippen molar-refractivity contribution in [1.29, 1.82) is 5.26 Å². The fourth-order valence-corrected chi connectivity index (χ4v) is 8.20. The van der Waals surface area contributed by atoms with E-state index in [0.29, 0.717) is 34.2 Å². The number of hydrogen-bond donors (Lipinski definition) is 3. The molecule has 9 heteroatoms. The fraction of sp³-hybridized carbons (Fsp3) is 0.300. The molecule has 0 saturated heterocycles. The van der Waals surface area contributed by atoms with Crippen molar-refractivity contribution in [3.05, 3.63) is 117 Å². The minimum atomic E-state index is -0.473. The molecule has 2 atom stereocenters. The molecule has 2 unspecified atom stereocenters. The Morgan fingerprint density at radius 1 is 1.02 bits per heavy atom. The lowest BCUT2D eigenvalue weighted by molar-refractivity contribution is -0.116. The zero-order valence-corrected chi connectivity index (χ0v) is 30.2. The third-order valence-corrected chi connectivity index (χ3v) is 11.4. The van der Waals surface area contributed by atoms with Crippen LogP contribution in [0.5, 0.6) is 0 Å². The van der Waals surface area contributed by atoms with Crippen molar-refractivity contribution in [2.24, 2.45) is 11.3 Å². The van der Waals surface area contributed by atoms with Crippen LogP contribution < -0.4 is 16.0 Å². The molecule has 5 rings (SSSR count). The largest absolute Gasteiger partial charge is 0.321 e. The lowest BCUT2D eigenvalue weighted by atomic mass is 9.72. The first-order valence-corrected chi connectivity index (χ1v) is 18.2. The Kier molecular flexibility index (Phi) is 11.4. The third-order valence-electron chi connectivity index (χ3n) is 8.89. The van der Waals surface area contributed by atoms with Crippen molar-refractivity contribution < 1.29 is 14.4 Å². The summed E-state index contributed by atoms with van der Waals surface area (Å²) in [7, 11) is 0. The van der Waals surface area contributed by atoms with E-state index < -0.39 is 17.1 Å². The Balaban J connectivity index is 1.30. The smallest absolute Gasteiger partial charge is 0.272 e. The molecular formula is C40H42N4O3S2. The molecule has 1 heterocycles. The molecule has 1 aliphatic rings. The van der Waals surface area contributed by atoms with Crippen LogP contribution in [-0.2, 0) is 22.4 Å². The van der Waals surface area contributed by atoms with E-state index >= 15 is 0 Å². The number of fused-ring (bicyclic) bond motifs is 1. The van der Waals surface area contributed by atoms with E-state index in [9.17, 15) is 19.6 Å². The minimum Gasteiger partial charge on any atom is -0.321 e. The zero-order valence-electron chi connectivity index (χ0n) is 28.6. The monoisotopic (exact) mass is 690 g/mol. The molecule has 252 valence electrons. The molecule has 0 bridgehead atoms. The summed E-state index contributed by atoms with van der Waals surface area (Å²) in [4.78, 5) is 42.3. The first-order valence-electron chi connectivity index (χ1n) is 16.5. The topological polar surface area (TPSA) is 111 Å². The molecule has 0 radical (unpaired) electrons. The molecule has 3 amide bonds. The number of anilines is 2. The van der Waals surface area contributed by atoms with Gasteiger partial charge in [-0.2, -0.15) is 5.26 Å². The van der Waals surface area contributed by atoms with Gasteiger partial charge in [-0.05, 0) is 97.0 Å². The average molecular weight is 691 g/mol. The molecule has 3 N–H and O–H groups in total. The Labute approximate surface area is 297 Å². The van der Waals surface area contributed by atoms with Crippen LogP contribution in [-0.4, -0.2) is 23.0 Å². The molecule has 0 aliphatic heterocycles. The number of aryl methyl sites for hydroxylation is 1. The Morgan fingerprint density at radius 2 is 1.76 bits per heavy atom. The van der Waals surface area contributed by atoms with Crippen LogP contribution in [0.25, 0.3) is 6.08 Å². The van der Waals surface area contributed by atoms with Crippen LogP contribution in [0.3, 0.4) is 0 Å². The Bertz CT molecular complexity index is 1920. The molecule has 7 nitrogen and oxygen atoms in total. The van der Waals surface area contributed by atoms with Crippen LogP contribution >= 0.6 is 23.1 Å². The maximum Gasteiger partial charge on any atom is 0.272 e. The number of rotatable bonds is 10. The zero-order chi connectivity index (χ0) is 35.1. The number of hydrogen-bond acceptors (Lipinski definition) is 6. The first kappa shape index (κ1) is 35.7. The van der Waals surface area contributed by atoms with Crippen molar-refractivity contribution in [2.75, 3.05) is 10.6 Å². The van der Waals surface area contributed by atoms with Gasteiger partial charge in [0.1, 0.15) is 16.8 Å². The van der Waals surface area contributed by atoms with Gasteiger partial charge in [0.25, 0.3) is 11.8 Å². The van der Waals surface area contributed by atoms with Crippen LogP contribution in [0.4, 0.5) is 10.7 Å². The number of thioether (sulfide) groups is 1. The van der Waals surface area contributed by atoms with Gasteiger partial charge in [0.15, 0.2) is 0 Å². The van der Waals surface area contributed by atoms with Crippen molar-refractivity contribution >= 4 is 57.6 Å². The molecule has 1 aliphatic carbocycles. The molecule has 0 saturated carbocycles. The number of nitriles is 1. The number of thiophene rings is 1. The lowest BCUT2D eigenvalue weighted by Gasteiger charge is -2.33. The van der Waals surface area contributed by atoms with Crippen molar-refractivity contribution in [2.45, 2.75) is 70.4 Å². The summed E-state index contributed by atoms with van der Waals surface area (Å²) in [5.41, 5.74) is 4.71. The lowest BCUT2D eigenvalue weighted by Crippen LogP contribution is -2.30. The number of carbonyl (C=O) groups excluding carboxylic acids is 3. The highest BCUT2D eigenvalue weighted by atomic mass is 32.2. The number of benzene rings is 3. The standard InChI is InChI=1S/C40H42N4O3S2/c1-6-34(38(47)44-39-32(24-41)31-20-19-28(40(3,4)5)22-35(31)49-39)48-30-18-12-17-29(23-30)42-37(46)33(21-27-16-11-10-13-25(27)2)43-36(45)26-14-8-7-9-15-26/h7-18,21,23,28,34H,6,19-20,22H2,1-5H3,(H,42,46)(H,43,45)(H,44,47)/b33-21-. The van der Waals surface area contributed by atoms with Gasteiger partial charge in [0, 0.05) is 21.0 Å². The van der Waals surface area contributed by atoms with Gasteiger partial charge in [-0.15, -0.1) is 23.1 Å². The van der Waals surface area contributed by atoms with Crippen LogP contribution in [0.1, 0.15) is 78.0 Å². The Hall–Kier alpha value is -4.65. The van der Waals surface area contributed by atoms with E-state index in [1.54, 1.807) is 36.4 Å². The Morgan fingerprint density at radius 3 is 2.45 bits per heavy atom. The molecule has 0 spiro atoms. The van der Waals surface area contributed by atoms with Crippen molar-refractivity contribution in [3.8, 4) is 6.07 Å². The summed E-state index contributed by atoms with van der Waals surface area (Å²) < 4.78 is 0.